The molecule has 1 aliphatic carbocycles. The Morgan fingerprint density at radius 3 is 2.48 bits per heavy atom. The summed E-state index contributed by atoms with van der Waals surface area (Å²) in [7, 11) is 0. The van der Waals surface area contributed by atoms with E-state index in [9.17, 15) is 4.79 Å². The molecule has 170 valence electrons. The molecule has 0 unspecified atom stereocenters. The largest absolute Gasteiger partial charge is 0.457 e. The number of para-hydroxylation sites is 1. The summed E-state index contributed by atoms with van der Waals surface area (Å²) in [6.45, 7) is 1.86. The first-order valence-corrected chi connectivity index (χ1v) is 11.0. The highest BCUT2D eigenvalue weighted by Crippen LogP contribution is 2.38. The van der Waals surface area contributed by atoms with Gasteiger partial charge in [0, 0.05) is 48.5 Å². The van der Waals surface area contributed by atoms with Crippen LogP contribution >= 0.6 is 0 Å². The summed E-state index contributed by atoms with van der Waals surface area (Å²) in [4.78, 5) is 18.3. The van der Waals surface area contributed by atoms with Crippen molar-refractivity contribution in [3.63, 3.8) is 0 Å². The maximum Gasteiger partial charge on any atom is 0.144 e. The van der Waals surface area contributed by atoms with E-state index in [0.29, 0.717) is 59.7 Å². The van der Waals surface area contributed by atoms with Crippen molar-refractivity contribution in [2.75, 3.05) is 0 Å². The normalized spacial score (nSPS) is 18.3. The van der Waals surface area contributed by atoms with Gasteiger partial charge in [-0.3, -0.25) is 4.79 Å². The Morgan fingerprint density at radius 2 is 1.85 bits per heavy atom. The van der Waals surface area contributed by atoms with Crippen LogP contribution < -0.4 is 16.2 Å². The molecule has 2 aromatic carbocycles. The Morgan fingerprint density at radius 1 is 1.12 bits per heavy atom. The van der Waals surface area contributed by atoms with E-state index in [4.69, 9.17) is 16.2 Å². The van der Waals surface area contributed by atoms with Gasteiger partial charge in [-0.05, 0) is 44.0 Å². The molecular weight excluding hydrogens is 419 g/mol. The molecule has 6 nitrogen and oxygen atoms in total. The fraction of sp³-hybridized carbons (Fsp3) is 0.231. The van der Waals surface area contributed by atoms with Crippen molar-refractivity contribution < 1.29 is 13.9 Å². The Hall–Kier alpha value is -3.87. The van der Waals surface area contributed by atoms with Crippen molar-refractivity contribution >= 4 is 17.2 Å². The number of ether oxygens (including phenoxy) is 1. The van der Waals surface area contributed by atoms with Crippen molar-refractivity contribution in [3.8, 4) is 11.5 Å². The lowest BCUT2D eigenvalue weighted by molar-refractivity contribution is -0.120. The summed E-state index contributed by atoms with van der Waals surface area (Å²) in [5.74, 6) is 1.43. The molecule has 4 rings (SSSR count). The van der Waals surface area contributed by atoms with Gasteiger partial charge in [-0.15, -0.1) is 0 Å². The van der Waals surface area contributed by atoms with Crippen LogP contribution in [-0.4, -0.2) is 22.6 Å². The minimum Gasteiger partial charge on any atom is -0.457 e. The Balaban J connectivity index is 1.72. The molecule has 0 saturated heterocycles. The second-order valence-corrected chi connectivity index (χ2v) is 8.04. The summed E-state index contributed by atoms with van der Waals surface area (Å²) in [5, 5.41) is 0. The zero-order valence-electron chi connectivity index (χ0n) is 18.5. The van der Waals surface area contributed by atoms with E-state index in [1.165, 1.54) is 6.07 Å². The maximum atomic E-state index is 15.3. The summed E-state index contributed by atoms with van der Waals surface area (Å²) in [6.07, 6.45) is 7.71. The van der Waals surface area contributed by atoms with Crippen molar-refractivity contribution in [2.24, 2.45) is 16.5 Å². The highest BCUT2D eigenvalue weighted by atomic mass is 19.1. The standard InChI is InChI=1S/C26H27FN4O2/c1-2-14-30-26-24(25(28)29)22(16-31(26)17-8-10-18(32)11-9-17)21-13-12-20(15-23(21)27)33-19-6-4-3-5-7-19/h2-7,12-17H,8-11,28-29H2,1H3/b14-2+,30-26+. The lowest BCUT2D eigenvalue weighted by Crippen LogP contribution is -2.37. The summed E-state index contributed by atoms with van der Waals surface area (Å²) in [5.41, 5.74) is 13.5. The molecule has 0 spiro atoms. The fourth-order valence-corrected chi connectivity index (χ4v) is 4.16. The van der Waals surface area contributed by atoms with Crippen molar-refractivity contribution in [2.45, 2.75) is 38.6 Å². The number of hydrogen-bond acceptors (Lipinski definition) is 5. The number of nitrogens with two attached hydrogens (primary N) is 2. The number of nitrogens with zero attached hydrogens (tertiary/aromatic N) is 2. The van der Waals surface area contributed by atoms with Crippen LogP contribution in [-0.2, 0) is 4.79 Å². The van der Waals surface area contributed by atoms with Crippen molar-refractivity contribution in [1.82, 2.24) is 4.90 Å². The number of aliphatic imine (C=N–C) groups is 1. The van der Waals surface area contributed by atoms with Gasteiger partial charge in [-0.1, -0.05) is 24.3 Å². The average Bonchev–Trinajstić information content (AvgIpc) is 3.18. The van der Waals surface area contributed by atoms with Crippen LogP contribution in [0.2, 0.25) is 0 Å². The SMILES string of the molecule is C/C=C/N=C1\C(=C(N)N)C(c2ccc(Oc3ccccc3)cc2F)=CN1C1CCC(=O)CC1. The Kier molecular flexibility index (Phi) is 6.58. The molecule has 0 amide bonds. The first kappa shape index (κ1) is 22.3. The van der Waals surface area contributed by atoms with Gasteiger partial charge in [-0.25, -0.2) is 9.38 Å². The fourth-order valence-electron chi connectivity index (χ4n) is 4.16. The maximum absolute atomic E-state index is 15.3. The number of ketones is 1. The Bertz CT molecular complexity index is 1150. The molecule has 0 aromatic heterocycles. The van der Waals surface area contributed by atoms with Gasteiger partial charge in [0.2, 0.25) is 0 Å². The van der Waals surface area contributed by atoms with Crippen LogP contribution in [0.1, 0.15) is 38.2 Å². The molecule has 7 heteroatoms. The topological polar surface area (TPSA) is 93.9 Å². The van der Waals surface area contributed by atoms with E-state index in [1.54, 1.807) is 36.5 Å². The number of carbonyl (C=O) groups is 1. The van der Waals surface area contributed by atoms with Crippen LogP contribution in [0, 0.1) is 5.82 Å². The lowest BCUT2D eigenvalue weighted by atomic mass is 9.93. The molecule has 0 radical (unpaired) electrons. The monoisotopic (exact) mass is 446 g/mol. The summed E-state index contributed by atoms with van der Waals surface area (Å²) >= 11 is 0. The number of benzene rings is 2. The predicted octanol–water partition coefficient (Wildman–Crippen LogP) is 4.85. The molecule has 1 saturated carbocycles. The first-order chi connectivity index (χ1) is 16.0. The van der Waals surface area contributed by atoms with E-state index >= 15 is 4.39 Å². The molecule has 2 aliphatic rings. The molecule has 0 bridgehead atoms. The lowest BCUT2D eigenvalue weighted by Gasteiger charge is -2.31. The van der Waals surface area contributed by atoms with E-state index in [-0.39, 0.29) is 17.6 Å². The summed E-state index contributed by atoms with van der Waals surface area (Å²) in [6, 6.07) is 14.0. The molecule has 0 atom stereocenters. The quantitative estimate of drug-likeness (QED) is 0.685. The van der Waals surface area contributed by atoms with E-state index in [2.05, 4.69) is 4.99 Å². The second kappa shape index (κ2) is 9.73. The number of allylic oxidation sites excluding steroid dienone is 1. The van der Waals surface area contributed by atoms with Crippen LogP contribution in [0.4, 0.5) is 4.39 Å². The van der Waals surface area contributed by atoms with Crippen molar-refractivity contribution in [3.05, 3.63) is 89.8 Å². The third kappa shape index (κ3) is 4.82. The minimum atomic E-state index is -0.459. The van der Waals surface area contributed by atoms with Crippen LogP contribution in [0.25, 0.3) is 5.57 Å². The highest BCUT2D eigenvalue weighted by molar-refractivity contribution is 6.17. The second-order valence-electron chi connectivity index (χ2n) is 8.04. The molecule has 2 aromatic rings. The zero-order valence-corrected chi connectivity index (χ0v) is 18.5. The number of rotatable bonds is 5. The Labute approximate surface area is 192 Å². The third-order valence-corrected chi connectivity index (χ3v) is 5.76. The van der Waals surface area contributed by atoms with Gasteiger partial charge in [0.1, 0.15) is 34.8 Å². The van der Waals surface area contributed by atoms with Gasteiger partial charge >= 0.3 is 0 Å². The smallest absolute Gasteiger partial charge is 0.144 e. The van der Waals surface area contributed by atoms with Crippen molar-refractivity contribution in [1.29, 1.82) is 0 Å². The molecule has 1 heterocycles. The van der Waals surface area contributed by atoms with E-state index < -0.39 is 5.82 Å². The van der Waals surface area contributed by atoms with Gasteiger partial charge in [-0.2, -0.15) is 0 Å². The van der Waals surface area contributed by atoms with Gasteiger partial charge in [0.25, 0.3) is 0 Å². The van der Waals surface area contributed by atoms with Gasteiger partial charge in [0.15, 0.2) is 0 Å². The molecule has 33 heavy (non-hydrogen) atoms. The zero-order chi connectivity index (χ0) is 23.4. The summed E-state index contributed by atoms with van der Waals surface area (Å²) < 4.78 is 21.1. The van der Waals surface area contributed by atoms with Crippen LogP contribution in [0.15, 0.2) is 83.4 Å². The van der Waals surface area contributed by atoms with E-state index in [0.717, 1.165) is 0 Å². The number of carbonyl (C=O) groups excluding carboxylic acids is 1. The number of hydrogen-bond donors (Lipinski definition) is 2. The minimum absolute atomic E-state index is 0.0577. The molecule has 4 N–H and O–H groups in total. The number of halogens is 1. The van der Waals surface area contributed by atoms with Gasteiger partial charge in [0.05, 0.1) is 5.57 Å². The van der Waals surface area contributed by atoms with E-state index in [1.807, 2.05) is 36.2 Å². The number of amidine groups is 1. The number of Topliss-reactive ketones (excluding diaryl/α,β-unsaturated/α-hetero) is 1. The third-order valence-electron chi connectivity index (χ3n) is 5.76. The predicted molar refractivity (Wildman–Crippen MR) is 128 cm³/mol. The average molecular weight is 447 g/mol. The van der Waals surface area contributed by atoms with Gasteiger partial charge < -0.3 is 21.1 Å². The molecule has 1 aliphatic heterocycles. The molecular formula is C26H27FN4O2. The highest BCUT2D eigenvalue weighted by Gasteiger charge is 2.35. The molecule has 1 fully saturated rings. The van der Waals surface area contributed by atoms with Crippen LogP contribution in [0.5, 0.6) is 11.5 Å². The first-order valence-electron chi connectivity index (χ1n) is 11.0. The van der Waals surface area contributed by atoms with Crippen LogP contribution in [0.3, 0.4) is 0 Å².